The highest BCUT2D eigenvalue weighted by atomic mass is 35.5. The number of aliphatic hydroxyl groups excluding tert-OH is 1. The lowest BCUT2D eigenvalue weighted by molar-refractivity contribution is 0.201. The van der Waals surface area contributed by atoms with Gasteiger partial charge in [-0.1, -0.05) is 17.7 Å². The SMILES string of the molecule is OCCOc1ccc(NCc2ccc(F)cc2Cl)cc1. The van der Waals surface area contributed by atoms with Gasteiger partial charge in [-0.05, 0) is 42.0 Å². The minimum atomic E-state index is -0.343. The van der Waals surface area contributed by atoms with Gasteiger partial charge in [0.15, 0.2) is 0 Å². The number of aliphatic hydroxyl groups is 1. The van der Waals surface area contributed by atoms with E-state index >= 15 is 0 Å². The molecule has 2 N–H and O–H groups in total. The van der Waals surface area contributed by atoms with Gasteiger partial charge in [0.2, 0.25) is 0 Å². The van der Waals surface area contributed by atoms with Crippen molar-refractivity contribution >= 4 is 17.3 Å². The maximum Gasteiger partial charge on any atom is 0.124 e. The van der Waals surface area contributed by atoms with Crippen LogP contribution in [-0.2, 0) is 6.54 Å². The topological polar surface area (TPSA) is 41.5 Å². The summed E-state index contributed by atoms with van der Waals surface area (Å²) in [5, 5.41) is 12.3. The molecule has 0 aromatic heterocycles. The van der Waals surface area contributed by atoms with Crippen LogP contribution in [-0.4, -0.2) is 18.3 Å². The third-order valence-electron chi connectivity index (χ3n) is 2.71. The summed E-state index contributed by atoms with van der Waals surface area (Å²) in [6, 6.07) is 11.7. The molecule has 106 valence electrons. The summed E-state index contributed by atoms with van der Waals surface area (Å²) < 4.78 is 18.2. The maximum atomic E-state index is 12.9. The molecule has 2 rings (SSSR count). The van der Waals surface area contributed by atoms with Crippen molar-refractivity contribution in [3.63, 3.8) is 0 Å². The van der Waals surface area contributed by atoms with Crippen LogP contribution in [0, 0.1) is 5.82 Å². The molecule has 0 amide bonds. The number of rotatable bonds is 6. The minimum Gasteiger partial charge on any atom is -0.491 e. The first-order valence-corrected chi connectivity index (χ1v) is 6.58. The molecule has 0 bridgehead atoms. The number of nitrogens with one attached hydrogen (secondary N) is 1. The zero-order chi connectivity index (χ0) is 14.4. The van der Waals surface area contributed by atoms with Crippen molar-refractivity contribution < 1.29 is 14.2 Å². The summed E-state index contributed by atoms with van der Waals surface area (Å²) in [7, 11) is 0. The van der Waals surface area contributed by atoms with E-state index in [2.05, 4.69) is 5.32 Å². The Kier molecular flexibility index (Phi) is 5.21. The summed E-state index contributed by atoms with van der Waals surface area (Å²) >= 11 is 5.95. The van der Waals surface area contributed by atoms with Gasteiger partial charge in [0.05, 0.1) is 6.61 Å². The largest absolute Gasteiger partial charge is 0.491 e. The molecule has 2 aromatic rings. The van der Waals surface area contributed by atoms with Crippen LogP contribution < -0.4 is 10.1 Å². The second-order valence-corrected chi connectivity index (χ2v) is 4.59. The van der Waals surface area contributed by atoms with Gasteiger partial charge in [0, 0.05) is 17.3 Å². The summed E-state index contributed by atoms with van der Waals surface area (Å²) in [6.07, 6.45) is 0. The predicted molar refractivity (Wildman–Crippen MR) is 77.8 cm³/mol. The first kappa shape index (κ1) is 14.6. The number of hydrogen-bond donors (Lipinski definition) is 2. The fourth-order valence-corrected chi connectivity index (χ4v) is 1.93. The van der Waals surface area contributed by atoms with Gasteiger partial charge in [-0.25, -0.2) is 4.39 Å². The Morgan fingerprint density at radius 1 is 1.15 bits per heavy atom. The average Bonchev–Trinajstić information content (AvgIpc) is 2.45. The standard InChI is InChI=1S/C15H15ClFNO2/c16-15-9-12(17)2-1-11(15)10-18-13-3-5-14(6-4-13)20-8-7-19/h1-6,9,18-19H,7-8,10H2. The highest BCUT2D eigenvalue weighted by Crippen LogP contribution is 2.20. The molecule has 0 aliphatic heterocycles. The van der Waals surface area contributed by atoms with Gasteiger partial charge in [0.25, 0.3) is 0 Å². The number of halogens is 2. The molecule has 3 nitrogen and oxygen atoms in total. The molecule has 2 aromatic carbocycles. The maximum absolute atomic E-state index is 12.9. The van der Waals surface area contributed by atoms with E-state index in [1.165, 1.54) is 12.1 Å². The third-order valence-corrected chi connectivity index (χ3v) is 3.06. The molecule has 0 aliphatic carbocycles. The molecule has 0 aliphatic rings. The summed E-state index contributed by atoms with van der Waals surface area (Å²) in [4.78, 5) is 0. The molecule has 0 saturated carbocycles. The van der Waals surface area contributed by atoms with Crippen LogP contribution in [0.3, 0.4) is 0 Å². The van der Waals surface area contributed by atoms with Crippen molar-refractivity contribution in [3.8, 4) is 5.75 Å². The van der Waals surface area contributed by atoms with Gasteiger partial charge in [-0.3, -0.25) is 0 Å². The molecule has 20 heavy (non-hydrogen) atoms. The molecular formula is C15H15ClFNO2. The lowest BCUT2D eigenvalue weighted by Gasteiger charge is -2.09. The Labute approximate surface area is 122 Å². The van der Waals surface area contributed by atoms with E-state index in [1.54, 1.807) is 6.07 Å². The van der Waals surface area contributed by atoms with E-state index in [1.807, 2.05) is 24.3 Å². The Hall–Kier alpha value is -1.78. The van der Waals surface area contributed by atoms with Crippen LogP contribution in [0.25, 0.3) is 0 Å². The molecular weight excluding hydrogens is 281 g/mol. The smallest absolute Gasteiger partial charge is 0.124 e. The molecule has 0 spiro atoms. The van der Waals surface area contributed by atoms with E-state index in [0.29, 0.717) is 17.3 Å². The van der Waals surface area contributed by atoms with Crippen LogP contribution in [0.5, 0.6) is 5.75 Å². The van der Waals surface area contributed by atoms with Crippen LogP contribution in [0.2, 0.25) is 5.02 Å². The first-order chi connectivity index (χ1) is 9.69. The van der Waals surface area contributed by atoms with E-state index < -0.39 is 0 Å². The Balaban J connectivity index is 1.93. The molecule has 0 fully saturated rings. The Morgan fingerprint density at radius 3 is 2.55 bits per heavy atom. The van der Waals surface area contributed by atoms with Crippen molar-refractivity contribution in [2.75, 3.05) is 18.5 Å². The van der Waals surface area contributed by atoms with Crippen LogP contribution >= 0.6 is 11.6 Å². The lowest BCUT2D eigenvalue weighted by Crippen LogP contribution is -2.02. The number of hydrogen-bond acceptors (Lipinski definition) is 3. The highest BCUT2D eigenvalue weighted by Gasteiger charge is 2.02. The normalized spacial score (nSPS) is 10.3. The summed E-state index contributed by atoms with van der Waals surface area (Å²) in [6.45, 7) is 0.775. The van der Waals surface area contributed by atoms with Crippen molar-refractivity contribution in [1.82, 2.24) is 0 Å². The van der Waals surface area contributed by atoms with E-state index in [-0.39, 0.29) is 19.0 Å². The molecule has 0 atom stereocenters. The zero-order valence-electron chi connectivity index (χ0n) is 10.8. The Morgan fingerprint density at radius 2 is 1.90 bits per heavy atom. The average molecular weight is 296 g/mol. The highest BCUT2D eigenvalue weighted by molar-refractivity contribution is 6.31. The summed E-state index contributed by atoms with van der Waals surface area (Å²) in [5.41, 5.74) is 1.73. The van der Waals surface area contributed by atoms with Gasteiger partial charge >= 0.3 is 0 Å². The van der Waals surface area contributed by atoms with Crippen LogP contribution in [0.15, 0.2) is 42.5 Å². The van der Waals surface area contributed by atoms with Crippen molar-refractivity contribution in [2.45, 2.75) is 6.54 Å². The number of ether oxygens (including phenoxy) is 1. The van der Waals surface area contributed by atoms with E-state index in [4.69, 9.17) is 21.4 Å². The second kappa shape index (κ2) is 7.12. The molecule has 0 saturated heterocycles. The van der Waals surface area contributed by atoms with E-state index in [9.17, 15) is 4.39 Å². The van der Waals surface area contributed by atoms with Crippen LogP contribution in [0.1, 0.15) is 5.56 Å². The van der Waals surface area contributed by atoms with Gasteiger partial charge in [-0.15, -0.1) is 0 Å². The van der Waals surface area contributed by atoms with Crippen molar-refractivity contribution in [1.29, 1.82) is 0 Å². The number of anilines is 1. The molecule has 0 radical (unpaired) electrons. The molecule has 0 heterocycles. The quantitative estimate of drug-likeness (QED) is 0.857. The molecule has 5 heteroatoms. The fourth-order valence-electron chi connectivity index (χ4n) is 1.69. The van der Waals surface area contributed by atoms with Crippen molar-refractivity contribution in [3.05, 3.63) is 58.9 Å². The second-order valence-electron chi connectivity index (χ2n) is 4.19. The van der Waals surface area contributed by atoms with E-state index in [0.717, 1.165) is 11.3 Å². The third kappa shape index (κ3) is 4.11. The monoisotopic (exact) mass is 295 g/mol. The van der Waals surface area contributed by atoms with Gasteiger partial charge in [-0.2, -0.15) is 0 Å². The van der Waals surface area contributed by atoms with Gasteiger partial charge < -0.3 is 15.2 Å². The van der Waals surface area contributed by atoms with Gasteiger partial charge in [0.1, 0.15) is 18.2 Å². The summed E-state index contributed by atoms with van der Waals surface area (Å²) in [5.74, 6) is 0.355. The lowest BCUT2D eigenvalue weighted by atomic mass is 10.2. The van der Waals surface area contributed by atoms with Crippen LogP contribution in [0.4, 0.5) is 10.1 Å². The van der Waals surface area contributed by atoms with Crippen molar-refractivity contribution in [2.24, 2.45) is 0 Å². The minimum absolute atomic E-state index is 0.0108. The predicted octanol–water partition coefficient (Wildman–Crippen LogP) is 3.46. The zero-order valence-corrected chi connectivity index (χ0v) is 11.5. The number of benzene rings is 2. The fraction of sp³-hybridized carbons (Fsp3) is 0.200. The Bertz CT molecular complexity index is 560. The first-order valence-electron chi connectivity index (χ1n) is 6.20. The molecule has 0 unspecified atom stereocenters.